The van der Waals surface area contributed by atoms with Gasteiger partial charge in [-0.2, -0.15) is 0 Å². The lowest BCUT2D eigenvalue weighted by molar-refractivity contribution is 0.122. The zero-order valence-corrected chi connectivity index (χ0v) is 19.9. The van der Waals surface area contributed by atoms with Crippen LogP contribution in [-0.2, 0) is 24.8 Å². The Balaban J connectivity index is 1.28. The second kappa shape index (κ2) is 7.31. The third kappa shape index (κ3) is 3.01. The molecule has 33 heavy (non-hydrogen) atoms. The number of hydrogen-bond donors (Lipinski definition) is 1. The van der Waals surface area contributed by atoms with Gasteiger partial charge in [-0.3, -0.25) is 9.69 Å². The fraction of sp³-hybridized carbons (Fsp3) is 0.538. The summed E-state index contributed by atoms with van der Waals surface area (Å²) in [6.07, 6.45) is 8.17. The molecule has 2 aliphatic carbocycles. The van der Waals surface area contributed by atoms with Crippen molar-refractivity contribution in [3.63, 3.8) is 0 Å². The number of H-pyrrole nitrogens is 1. The highest BCUT2D eigenvalue weighted by Crippen LogP contribution is 2.52. The van der Waals surface area contributed by atoms with E-state index >= 15 is 0 Å². The first-order valence-electron chi connectivity index (χ1n) is 12.3. The van der Waals surface area contributed by atoms with E-state index in [0.29, 0.717) is 19.8 Å². The van der Waals surface area contributed by atoms with E-state index in [4.69, 9.17) is 14.5 Å². The van der Waals surface area contributed by atoms with E-state index in [1.165, 1.54) is 47.3 Å². The number of ether oxygens (including phenoxy) is 2. The van der Waals surface area contributed by atoms with Crippen LogP contribution in [0.15, 0.2) is 16.9 Å². The highest BCUT2D eigenvalue weighted by Gasteiger charge is 2.45. The fourth-order valence-corrected chi connectivity index (χ4v) is 7.98. The molecule has 172 valence electrons. The Morgan fingerprint density at radius 3 is 2.76 bits per heavy atom. The number of rotatable bonds is 2. The van der Waals surface area contributed by atoms with Gasteiger partial charge in [0.15, 0.2) is 11.5 Å². The van der Waals surface area contributed by atoms with Gasteiger partial charge in [0.1, 0.15) is 23.9 Å². The van der Waals surface area contributed by atoms with Crippen molar-refractivity contribution in [3.8, 4) is 11.5 Å². The number of thiophene rings is 1. The first-order valence-corrected chi connectivity index (χ1v) is 13.1. The summed E-state index contributed by atoms with van der Waals surface area (Å²) in [6.45, 7) is 5.14. The maximum Gasteiger partial charge on any atom is 0.259 e. The molecule has 4 aliphatic rings. The first-order chi connectivity index (χ1) is 16.1. The molecule has 2 aromatic heterocycles. The predicted molar refractivity (Wildman–Crippen MR) is 129 cm³/mol. The van der Waals surface area contributed by atoms with Gasteiger partial charge in [0.2, 0.25) is 0 Å². The molecule has 2 aliphatic heterocycles. The van der Waals surface area contributed by atoms with Crippen LogP contribution in [0.5, 0.6) is 11.5 Å². The molecule has 0 amide bonds. The van der Waals surface area contributed by atoms with Crippen LogP contribution in [0.4, 0.5) is 0 Å². The minimum absolute atomic E-state index is 0.0367. The number of hydrogen-bond acceptors (Lipinski definition) is 6. The normalized spacial score (nSPS) is 23.2. The lowest BCUT2D eigenvalue weighted by atomic mass is 9.71. The SMILES string of the molecule is CC1c2cc3c(cc2C2(CCCC2)CN1Cc1nc2sc4c(c2c(=O)[nH]1)CCC4)OCCO3. The van der Waals surface area contributed by atoms with E-state index in [1.54, 1.807) is 11.3 Å². The van der Waals surface area contributed by atoms with Crippen LogP contribution < -0.4 is 15.0 Å². The van der Waals surface area contributed by atoms with Crippen molar-refractivity contribution in [2.24, 2.45) is 0 Å². The summed E-state index contributed by atoms with van der Waals surface area (Å²) >= 11 is 1.72. The molecule has 7 heteroatoms. The number of nitrogens with zero attached hydrogens (tertiary/aromatic N) is 2. The molecule has 1 fully saturated rings. The molecule has 0 bridgehead atoms. The molecule has 4 heterocycles. The summed E-state index contributed by atoms with van der Waals surface area (Å²) in [5.74, 6) is 2.55. The van der Waals surface area contributed by atoms with Crippen LogP contribution in [0.3, 0.4) is 0 Å². The Bertz CT molecular complexity index is 1320. The largest absolute Gasteiger partial charge is 0.486 e. The zero-order chi connectivity index (χ0) is 22.2. The monoisotopic (exact) mass is 463 g/mol. The van der Waals surface area contributed by atoms with E-state index in [1.807, 2.05) is 0 Å². The molecule has 1 aromatic carbocycles. The van der Waals surface area contributed by atoms with Crippen LogP contribution in [0.1, 0.15) is 72.5 Å². The van der Waals surface area contributed by atoms with Gasteiger partial charge in [0, 0.05) is 22.9 Å². The maximum absolute atomic E-state index is 13.0. The highest BCUT2D eigenvalue weighted by molar-refractivity contribution is 7.18. The molecule has 6 nitrogen and oxygen atoms in total. The van der Waals surface area contributed by atoms with E-state index < -0.39 is 0 Å². The third-order valence-corrected chi connectivity index (χ3v) is 9.51. The van der Waals surface area contributed by atoms with Crippen molar-refractivity contribution in [2.75, 3.05) is 19.8 Å². The first kappa shape index (κ1) is 20.0. The summed E-state index contributed by atoms with van der Waals surface area (Å²) in [6, 6.07) is 4.70. The molecule has 1 saturated carbocycles. The lowest BCUT2D eigenvalue weighted by Gasteiger charge is -2.46. The summed E-state index contributed by atoms with van der Waals surface area (Å²) in [7, 11) is 0. The van der Waals surface area contributed by atoms with Gasteiger partial charge in [0.25, 0.3) is 5.56 Å². The van der Waals surface area contributed by atoms with Crippen LogP contribution in [0.2, 0.25) is 0 Å². The average Bonchev–Trinajstić information content (AvgIpc) is 3.53. The van der Waals surface area contributed by atoms with Crippen LogP contribution in [-0.4, -0.2) is 34.6 Å². The molecule has 1 unspecified atom stereocenters. The molecule has 1 atom stereocenters. The number of nitrogens with one attached hydrogen (secondary N) is 1. The summed E-state index contributed by atoms with van der Waals surface area (Å²) in [5.41, 5.74) is 4.21. The Hall–Kier alpha value is -2.38. The van der Waals surface area contributed by atoms with E-state index in [2.05, 4.69) is 28.9 Å². The predicted octanol–water partition coefficient (Wildman–Crippen LogP) is 4.63. The van der Waals surface area contributed by atoms with Gasteiger partial charge in [-0.05, 0) is 67.9 Å². The summed E-state index contributed by atoms with van der Waals surface area (Å²) in [4.78, 5) is 25.9. The van der Waals surface area contributed by atoms with Gasteiger partial charge < -0.3 is 14.5 Å². The van der Waals surface area contributed by atoms with Crippen molar-refractivity contribution < 1.29 is 9.47 Å². The molecular formula is C26H29N3O3S. The van der Waals surface area contributed by atoms with Gasteiger partial charge >= 0.3 is 0 Å². The van der Waals surface area contributed by atoms with Crippen molar-refractivity contribution in [2.45, 2.75) is 69.9 Å². The van der Waals surface area contributed by atoms with E-state index in [-0.39, 0.29) is 17.0 Å². The quantitative estimate of drug-likeness (QED) is 0.600. The van der Waals surface area contributed by atoms with Crippen molar-refractivity contribution in [3.05, 3.63) is 49.9 Å². The minimum atomic E-state index is 0.0367. The average molecular weight is 464 g/mol. The minimum Gasteiger partial charge on any atom is -0.486 e. The topological polar surface area (TPSA) is 67.5 Å². The number of fused-ring (bicyclic) bond motifs is 6. The van der Waals surface area contributed by atoms with Gasteiger partial charge in [0.05, 0.1) is 11.9 Å². The number of aromatic amines is 1. The van der Waals surface area contributed by atoms with Gasteiger partial charge in [-0.25, -0.2) is 4.98 Å². The molecule has 3 aromatic rings. The third-order valence-electron chi connectivity index (χ3n) is 8.33. The van der Waals surface area contributed by atoms with Gasteiger partial charge in [-0.15, -0.1) is 11.3 Å². The molecule has 1 N–H and O–H groups in total. The van der Waals surface area contributed by atoms with Gasteiger partial charge in [-0.1, -0.05) is 12.8 Å². The number of benzene rings is 1. The van der Waals surface area contributed by atoms with E-state index in [0.717, 1.165) is 53.3 Å². The van der Waals surface area contributed by atoms with Crippen molar-refractivity contribution in [1.82, 2.24) is 14.9 Å². The molecule has 0 radical (unpaired) electrons. The standard InChI is InChI=1S/C26H29N3O3S/c1-15-17-11-19-20(32-10-9-31-19)12-18(17)26(7-2-3-8-26)14-29(15)13-22-27-24(30)23-16-5-4-6-21(16)33-25(23)28-22/h11-12,15H,2-10,13-14H2,1H3,(H,27,28,30). The van der Waals surface area contributed by atoms with Crippen LogP contribution in [0, 0.1) is 0 Å². The van der Waals surface area contributed by atoms with E-state index in [9.17, 15) is 4.79 Å². The van der Waals surface area contributed by atoms with Crippen molar-refractivity contribution in [1.29, 1.82) is 0 Å². The highest BCUT2D eigenvalue weighted by atomic mass is 32.1. The molecule has 0 saturated heterocycles. The van der Waals surface area contributed by atoms with Crippen LogP contribution in [0.25, 0.3) is 10.2 Å². The summed E-state index contributed by atoms with van der Waals surface area (Å²) in [5, 5.41) is 0.837. The van der Waals surface area contributed by atoms with Crippen LogP contribution >= 0.6 is 11.3 Å². The number of aryl methyl sites for hydroxylation is 2. The Labute approximate surface area is 196 Å². The maximum atomic E-state index is 13.0. The molecular weight excluding hydrogens is 434 g/mol. The second-order valence-electron chi connectivity index (χ2n) is 10.2. The Morgan fingerprint density at radius 2 is 1.94 bits per heavy atom. The molecule has 7 rings (SSSR count). The Morgan fingerprint density at radius 1 is 1.15 bits per heavy atom. The molecule has 1 spiro atoms. The smallest absolute Gasteiger partial charge is 0.259 e. The fourth-order valence-electron chi connectivity index (χ4n) is 6.70. The second-order valence-corrected chi connectivity index (χ2v) is 11.3. The summed E-state index contributed by atoms with van der Waals surface area (Å²) < 4.78 is 11.9. The zero-order valence-electron chi connectivity index (χ0n) is 19.0. The number of aromatic nitrogens is 2. The lowest BCUT2D eigenvalue weighted by Crippen LogP contribution is -2.46. The van der Waals surface area contributed by atoms with Crippen molar-refractivity contribution >= 4 is 21.6 Å². The Kier molecular flexibility index (Phi) is 4.44.